The first-order chi connectivity index (χ1) is 10.9. The fourth-order valence-corrected chi connectivity index (χ4v) is 19.4. The summed E-state index contributed by atoms with van der Waals surface area (Å²) in [4.78, 5) is 4.45. The number of unbranched alkanes of at least 4 members (excludes halogenated alkanes) is 3. The van der Waals surface area contributed by atoms with E-state index in [1.54, 1.807) is 3.58 Å². The van der Waals surface area contributed by atoms with E-state index in [1.165, 1.54) is 51.8 Å². The first-order valence-electron chi connectivity index (χ1n) is 9.59. The van der Waals surface area contributed by atoms with Gasteiger partial charge in [0.05, 0.1) is 0 Å². The zero-order valence-electron chi connectivity index (χ0n) is 16.0. The second-order valence-corrected chi connectivity index (χ2v) is 20.8. The van der Waals surface area contributed by atoms with Crippen molar-refractivity contribution >= 4 is 22.0 Å². The second kappa shape index (κ2) is 10.0. The molecule has 0 bridgehead atoms. The van der Waals surface area contributed by atoms with Crippen molar-refractivity contribution in [1.82, 2.24) is 4.98 Å². The van der Waals surface area contributed by atoms with Crippen molar-refractivity contribution in [2.75, 3.05) is 0 Å². The van der Waals surface area contributed by atoms with Gasteiger partial charge in [-0.25, -0.2) is 0 Å². The van der Waals surface area contributed by atoms with Gasteiger partial charge in [-0.3, -0.25) is 0 Å². The van der Waals surface area contributed by atoms with Crippen molar-refractivity contribution in [3.8, 4) is 0 Å². The molecule has 1 heterocycles. The average Bonchev–Trinajstić information content (AvgIpc) is 2.54. The standard InChI is InChI=1S/C8H10NO.3C4H9.Sn/c1-8(2,10)7-5-3-4-6-9-7;3*1-3-4-2;/h4-6,10H,1-2H3;3*1,3-4H2,2H3;. The number of hydrogen-bond donors (Lipinski definition) is 1. The molecule has 1 N–H and O–H groups in total. The Balaban J connectivity index is 3.23. The van der Waals surface area contributed by atoms with Crippen molar-refractivity contribution in [2.45, 2.75) is 92.1 Å². The van der Waals surface area contributed by atoms with Crippen LogP contribution in [-0.2, 0) is 5.60 Å². The van der Waals surface area contributed by atoms with Crippen LogP contribution in [0.3, 0.4) is 0 Å². The van der Waals surface area contributed by atoms with Gasteiger partial charge in [0.2, 0.25) is 0 Å². The molecule has 0 aromatic carbocycles. The number of hydrogen-bond acceptors (Lipinski definition) is 2. The van der Waals surface area contributed by atoms with Crippen LogP contribution in [0.2, 0.25) is 13.3 Å². The van der Waals surface area contributed by atoms with Crippen LogP contribution in [0.1, 0.15) is 78.8 Å². The summed E-state index contributed by atoms with van der Waals surface area (Å²) in [6.45, 7) is 10.6. The normalized spacial score (nSPS) is 12.6. The molecule has 0 fully saturated rings. The molecule has 23 heavy (non-hydrogen) atoms. The van der Waals surface area contributed by atoms with Crippen LogP contribution in [0.4, 0.5) is 0 Å². The molecule has 1 aromatic heterocycles. The van der Waals surface area contributed by atoms with Gasteiger partial charge in [0.1, 0.15) is 0 Å². The van der Waals surface area contributed by atoms with Crippen LogP contribution in [-0.4, -0.2) is 28.5 Å². The summed E-state index contributed by atoms with van der Waals surface area (Å²) in [5, 5.41) is 10.4. The molecular formula is C20H37NOSn. The van der Waals surface area contributed by atoms with Gasteiger partial charge >= 0.3 is 148 Å². The molecule has 0 saturated heterocycles. The fourth-order valence-electron chi connectivity index (χ4n) is 3.45. The first kappa shape index (κ1) is 21.0. The van der Waals surface area contributed by atoms with Crippen molar-refractivity contribution in [3.63, 3.8) is 0 Å². The Hall–Kier alpha value is -0.0913. The van der Waals surface area contributed by atoms with Crippen LogP contribution in [0.25, 0.3) is 0 Å². The Morgan fingerprint density at radius 1 is 0.957 bits per heavy atom. The maximum absolute atomic E-state index is 10.4. The average molecular weight is 426 g/mol. The van der Waals surface area contributed by atoms with Gasteiger partial charge in [-0.05, 0) is 0 Å². The maximum atomic E-state index is 10.4. The third-order valence-corrected chi connectivity index (χ3v) is 20.6. The molecule has 0 aliphatic carbocycles. The van der Waals surface area contributed by atoms with Crippen molar-refractivity contribution in [3.05, 3.63) is 24.0 Å². The van der Waals surface area contributed by atoms with E-state index < -0.39 is 24.0 Å². The summed E-state index contributed by atoms with van der Waals surface area (Å²) < 4.78 is 5.98. The summed E-state index contributed by atoms with van der Waals surface area (Å²) in [6.07, 6.45) is 9.91. The Kier molecular flexibility index (Phi) is 9.13. The van der Waals surface area contributed by atoms with E-state index in [2.05, 4.69) is 37.9 Å². The number of pyridine rings is 1. The molecule has 0 atom stereocenters. The zero-order chi connectivity index (χ0) is 17.3. The molecule has 1 aromatic rings. The summed E-state index contributed by atoms with van der Waals surface area (Å²) >= 11 is -2.39. The van der Waals surface area contributed by atoms with Gasteiger partial charge in [-0.2, -0.15) is 0 Å². The summed E-state index contributed by atoms with van der Waals surface area (Å²) in [5.74, 6) is 0. The molecule has 2 nitrogen and oxygen atoms in total. The Morgan fingerprint density at radius 3 is 1.83 bits per heavy atom. The zero-order valence-corrected chi connectivity index (χ0v) is 18.8. The number of nitrogens with zero attached hydrogens (tertiary/aromatic N) is 1. The Bertz CT molecular complexity index is 431. The van der Waals surface area contributed by atoms with E-state index in [1.807, 2.05) is 20.0 Å². The summed E-state index contributed by atoms with van der Waals surface area (Å²) in [7, 11) is 0. The Morgan fingerprint density at radius 2 is 1.43 bits per heavy atom. The molecule has 0 radical (unpaired) electrons. The summed E-state index contributed by atoms with van der Waals surface area (Å²) in [6, 6.07) is 4.54. The molecule has 0 unspecified atom stereocenters. The first-order valence-corrected chi connectivity index (χ1v) is 17.1. The predicted molar refractivity (Wildman–Crippen MR) is 104 cm³/mol. The van der Waals surface area contributed by atoms with Crippen molar-refractivity contribution in [1.29, 1.82) is 0 Å². The molecule has 3 heteroatoms. The van der Waals surface area contributed by atoms with Gasteiger partial charge in [0.25, 0.3) is 0 Å². The fraction of sp³-hybridized carbons (Fsp3) is 0.750. The van der Waals surface area contributed by atoms with E-state index in [-0.39, 0.29) is 0 Å². The quantitative estimate of drug-likeness (QED) is 0.483. The molecule has 0 saturated carbocycles. The molecule has 0 aliphatic heterocycles. The number of rotatable bonds is 11. The van der Waals surface area contributed by atoms with E-state index >= 15 is 0 Å². The molecular weight excluding hydrogens is 389 g/mol. The minimum atomic E-state index is -2.39. The van der Waals surface area contributed by atoms with E-state index in [9.17, 15) is 5.11 Å². The van der Waals surface area contributed by atoms with Gasteiger partial charge in [-0.15, -0.1) is 0 Å². The van der Waals surface area contributed by atoms with Crippen LogP contribution >= 0.6 is 0 Å². The van der Waals surface area contributed by atoms with Crippen LogP contribution < -0.4 is 3.58 Å². The molecule has 0 amide bonds. The molecule has 1 rings (SSSR count). The third-order valence-electron chi connectivity index (χ3n) is 5.03. The topological polar surface area (TPSA) is 33.1 Å². The van der Waals surface area contributed by atoms with E-state index in [0.29, 0.717) is 0 Å². The third kappa shape index (κ3) is 6.37. The molecule has 132 valence electrons. The van der Waals surface area contributed by atoms with Gasteiger partial charge < -0.3 is 0 Å². The molecule has 0 aliphatic rings. The molecule has 0 spiro atoms. The van der Waals surface area contributed by atoms with Crippen molar-refractivity contribution in [2.24, 2.45) is 0 Å². The monoisotopic (exact) mass is 427 g/mol. The SMILES string of the molecule is CCC[CH2][Sn]([CH2]CCC)([CH2]CCC)[c]1ccnc(C(C)(C)O)c1. The van der Waals surface area contributed by atoms with E-state index in [0.717, 1.165) is 5.69 Å². The number of aliphatic hydroxyl groups is 1. The van der Waals surface area contributed by atoms with Crippen LogP contribution in [0.5, 0.6) is 0 Å². The second-order valence-electron chi connectivity index (χ2n) is 7.58. The van der Waals surface area contributed by atoms with Crippen LogP contribution in [0.15, 0.2) is 18.3 Å². The predicted octanol–water partition coefficient (Wildman–Crippen LogP) is 5.37. The minimum absolute atomic E-state index is 0.839. The Labute approximate surface area is 148 Å². The van der Waals surface area contributed by atoms with E-state index in [4.69, 9.17) is 0 Å². The van der Waals surface area contributed by atoms with Crippen LogP contribution in [0, 0.1) is 0 Å². The summed E-state index contributed by atoms with van der Waals surface area (Å²) in [5.41, 5.74) is 0.00835. The van der Waals surface area contributed by atoms with Gasteiger partial charge in [0, 0.05) is 0 Å². The number of aromatic nitrogens is 1. The van der Waals surface area contributed by atoms with Gasteiger partial charge in [0.15, 0.2) is 0 Å². The van der Waals surface area contributed by atoms with Gasteiger partial charge in [-0.1, -0.05) is 0 Å². The van der Waals surface area contributed by atoms with Crippen molar-refractivity contribution < 1.29 is 5.11 Å².